The number of hydrogen-bond donors (Lipinski definition) is 0. The Balaban J connectivity index is 1.90. The van der Waals surface area contributed by atoms with Crippen LogP contribution in [0.5, 0.6) is 5.75 Å². The first-order valence-electron chi connectivity index (χ1n) is 8.29. The summed E-state index contributed by atoms with van der Waals surface area (Å²) < 4.78 is 5.28. The molecule has 120 valence electrons. The number of ether oxygens (including phenoxy) is 1. The SMILES string of the molecule is COc1ccc(C2/C(=C\[Si](C)(C)c3ccccc3)C2(C)C)cc1. The van der Waals surface area contributed by atoms with Gasteiger partial charge in [0.15, 0.2) is 0 Å². The van der Waals surface area contributed by atoms with Gasteiger partial charge >= 0.3 is 0 Å². The molecule has 3 rings (SSSR count). The molecule has 1 fully saturated rings. The number of rotatable bonds is 4. The summed E-state index contributed by atoms with van der Waals surface area (Å²) in [7, 11) is 0.170. The maximum atomic E-state index is 5.28. The van der Waals surface area contributed by atoms with E-state index in [1.165, 1.54) is 10.8 Å². The molecule has 0 spiro atoms. The predicted octanol–water partition coefficient (Wildman–Crippen LogP) is 4.90. The van der Waals surface area contributed by atoms with Crippen molar-refractivity contribution in [3.8, 4) is 5.75 Å². The van der Waals surface area contributed by atoms with Gasteiger partial charge in [0.25, 0.3) is 0 Å². The minimum absolute atomic E-state index is 0.271. The van der Waals surface area contributed by atoms with Crippen molar-refractivity contribution in [1.82, 2.24) is 0 Å². The van der Waals surface area contributed by atoms with Crippen molar-refractivity contribution < 1.29 is 4.74 Å². The fraction of sp³-hybridized carbons (Fsp3) is 0.333. The third kappa shape index (κ3) is 3.00. The van der Waals surface area contributed by atoms with Crippen molar-refractivity contribution >= 4 is 13.3 Å². The van der Waals surface area contributed by atoms with Crippen LogP contribution in [0.3, 0.4) is 0 Å². The van der Waals surface area contributed by atoms with E-state index in [9.17, 15) is 0 Å². The lowest BCUT2D eigenvalue weighted by molar-refractivity contribution is 0.414. The molecule has 1 aliphatic carbocycles. The molecule has 1 unspecified atom stereocenters. The molecular formula is C21H26OSi. The highest BCUT2D eigenvalue weighted by molar-refractivity contribution is 6.94. The van der Waals surface area contributed by atoms with Gasteiger partial charge in [-0.05, 0) is 23.1 Å². The predicted molar refractivity (Wildman–Crippen MR) is 101 cm³/mol. The van der Waals surface area contributed by atoms with Gasteiger partial charge in [-0.1, -0.05) is 85.9 Å². The summed E-state index contributed by atoms with van der Waals surface area (Å²) in [4.78, 5) is 0. The van der Waals surface area contributed by atoms with Gasteiger partial charge < -0.3 is 4.74 Å². The Bertz CT molecular complexity index is 711. The quantitative estimate of drug-likeness (QED) is 0.728. The van der Waals surface area contributed by atoms with Crippen LogP contribution in [-0.2, 0) is 0 Å². The Morgan fingerprint density at radius 1 is 0.957 bits per heavy atom. The highest BCUT2D eigenvalue weighted by Crippen LogP contribution is 2.64. The second kappa shape index (κ2) is 5.68. The molecule has 0 saturated heterocycles. The van der Waals surface area contributed by atoms with E-state index < -0.39 is 8.07 Å². The second-order valence-electron chi connectivity index (χ2n) is 7.62. The van der Waals surface area contributed by atoms with Gasteiger partial charge in [0, 0.05) is 5.92 Å². The minimum atomic E-state index is -1.55. The maximum absolute atomic E-state index is 5.28. The van der Waals surface area contributed by atoms with Crippen LogP contribution in [0, 0.1) is 5.41 Å². The van der Waals surface area contributed by atoms with E-state index in [2.05, 4.69) is 87.2 Å². The van der Waals surface area contributed by atoms with Crippen LogP contribution in [0.1, 0.15) is 25.3 Å². The number of allylic oxidation sites excluding steroid dienone is 1. The van der Waals surface area contributed by atoms with Gasteiger partial charge in [-0.15, -0.1) is 0 Å². The molecule has 2 aromatic rings. The van der Waals surface area contributed by atoms with Crippen LogP contribution in [0.15, 0.2) is 65.9 Å². The zero-order valence-corrected chi connectivity index (χ0v) is 15.8. The molecule has 1 nitrogen and oxygen atoms in total. The van der Waals surface area contributed by atoms with Gasteiger partial charge in [0.1, 0.15) is 13.8 Å². The second-order valence-corrected chi connectivity index (χ2v) is 11.9. The van der Waals surface area contributed by atoms with Gasteiger partial charge in [-0.3, -0.25) is 0 Å². The Hall–Kier alpha value is -1.80. The van der Waals surface area contributed by atoms with E-state index in [0.29, 0.717) is 5.92 Å². The fourth-order valence-corrected chi connectivity index (χ4v) is 6.12. The van der Waals surface area contributed by atoms with E-state index >= 15 is 0 Å². The lowest BCUT2D eigenvalue weighted by Gasteiger charge is -2.18. The third-order valence-electron chi connectivity index (χ3n) is 5.18. The van der Waals surface area contributed by atoms with Crippen molar-refractivity contribution in [2.45, 2.75) is 32.9 Å². The Labute approximate surface area is 141 Å². The summed E-state index contributed by atoms with van der Waals surface area (Å²) in [6.07, 6.45) is 0. The molecule has 0 N–H and O–H groups in total. The molecule has 1 saturated carbocycles. The van der Waals surface area contributed by atoms with Crippen LogP contribution in [0.4, 0.5) is 0 Å². The van der Waals surface area contributed by atoms with Crippen molar-refractivity contribution in [2.24, 2.45) is 5.41 Å². The van der Waals surface area contributed by atoms with E-state index in [0.717, 1.165) is 5.75 Å². The molecule has 23 heavy (non-hydrogen) atoms. The summed E-state index contributed by atoms with van der Waals surface area (Å²) in [6.45, 7) is 9.61. The summed E-state index contributed by atoms with van der Waals surface area (Å²) in [5.74, 6) is 1.47. The first kappa shape index (κ1) is 16.1. The van der Waals surface area contributed by atoms with Crippen LogP contribution in [0.25, 0.3) is 0 Å². The first-order valence-corrected chi connectivity index (χ1v) is 11.4. The van der Waals surface area contributed by atoms with Gasteiger partial charge in [-0.25, -0.2) is 0 Å². The van der Waals surface area contributed by atoms with E-state index in [4.69, 9.17) is 4.74 Å². The number of hydrogen-bond acceptors (Lipinski definition) is 1. The third-order valence-corrected chi connectivity index (χ3v) is 8.03. The van der Waals surface area contributed by atoms with Crippen molar-refractivity contribution in [1.29, 1.82) is 0 Å². The standard InChI is InChI=1S/C21H26OSi/c1-21(2)19(15-23(4,5)18-9-7-6-8-10-18)20(21)16-11-13-17(22-3)14-12-16/h6-15,20H,1-5H3/b19-15+. The van der Waals surface area contributed by atoms with E-state index in [-0.39, 0.29) is 5.41 Å². The van der Waals surface area contributed by atoms with Gasteiger partial charge in [0.2, 0.25) is 0 Å². The van der Waals surface area contributed by atoms with Crippen molar-refractivity contribution in [3.05, 3.63) is 71.4 Å². The summed E-state index contributed by atoms with van der Waals surface area (Å²) in [5.41, 5.74) is 5.88. The molecule has 0 aliphatic heterocycles. The van der Waals surface area contributed by atoms with Gasteiger partial charge in [0.05, 0.1) is 7.11 Å². The van der Waals surface area contributed by atoms with E-state index in [1.807, 2.05) is 0 Å². The monoisotopic (exact) mass is 322 g/mol. The zero-order chi connectivity index (χ0) is 16.7. The van der Waals surface area contributed by atoms with Crippen LogP contribution < -0.4 is 9.92 Å². The van der Waals surface area contributed by atoms with Crippen LogP contribution >= 0.6 is 0 Å². The van der Waals surface area contributed by atoms with Crippen molar-refractivity contribution in [2.75, 3.05) is 7.11 Å². The molecule has 0 amide bonds. The Morgan fingerprint density at radius 2 is 1.57 bits per heavy atom. The molecule has 2 heteroatoms. The van der Waals surface area contributed by atoms with E-state index in [1.54, 1.807) is 12.7 Å². The molecule has 1 aliphatic rings. The molecule has 0 bridgehead atoms. The minimum Gasteiger partial charge on any atom is -0.497 e. The lowest BCUT2D eigenvalue weighted by Crippen LogP contribution is -2.39. The highest BCUT2D eigenvalue weighted by atomic mass is 28.3. The molecule has 2 aromatic carbocycles. The molecule has 0 aromatic heterocycles. The molecule has 0 radical (unpaired) electrons. The average molecular weight is 323 g/mol. The summed E-state index contributed by atoms with van der Waals surface area (Å²) in [6, 6.07) is 19.5. The smallest absolute Gasteiger partial charge is 0.118 e. The topological polar surface area (TPSA) is 9.23 Å². The fourth-order valence-electron chi connectivity index (χ4n) is 3.58. The van der Waals surface area contributed by atoms with Gasteiger partial charge in [-0.2, -0.15) is 0 Å². The molecule has 1 atom stereocenters. The van der Waals surface area contributed by atoms with Crippen LogP contribution in [0.2, 0.25) is 13.1 Å². The Morgan fingerprint density at radius 3 is 2.13 bits per heavy atom. The molecule has 0 heterocycles. The number of methoxy groups -OCH3 is 1. The first-order chi connectivity index (χ1) is 10.9. The van der Waals surface area contributed by atoms with Crippen LogP contribution in [-0.4, -0.2) is 15.2 Å². The largest absolute Gasteiger partial charge is 0.497 e. The lowest BCUT2D eigenvalue weighted by atomic mass is 10.0. The normalized spacial score (nSPS) is 21.3. The highest BCUT2D eigenvalue weighted by Gasteiger charge is 2.53. The maximum Gasteiger partial charge on any atom is 0.118 e. The summed E-state index contributed by atoms with van der Waals surface area (Å²) >= 11 is 0. The zero-order valence-electron chi connectivity index (χ0n) is 14.8. The van der Waals surface area contributed by atoms with Crippen molar-refractivity contribution in [3.63, 3.8) is 0 Å². The average Bonchev–Trinajstić information content (AvgIpc) is 3.08. The molecular weight excluding hydrogens is 296 g/mol. The Kier molecular flexibility index (Phi) is 3.97. The summed E-state index contributed by atoms with van der Waals surface area (Å²) in [5, 5.41) is 1.50. The number of benzene rings is 2.